The van der Waals surface area contributed by atoms with Gasteiger partial charge in [-0.15, -0.1) is 0 Å². The summed E-state index contributed by atoms with van der Waals surface area (Å²) in [5, 5.41) is 9.28. The van der Waals surface area contributed by atoms with Crippen LogP contribution in [0.1, 0.15) is 32.3 Å². The summed E-state index contributed by atoms with van der Waals surface area (Å²) in [7, 11) is 0. The zero-order valence-electron chi connectivity index (χ0n) is 13.5. The van der Waals surface area contributed by atoms with Gasteiger partial charge in [-0.3, -0.25) is 9.69 Å². The second-order valence-corrected chi connectivity index (χ2v) is 6.88. The van der Waals surface area contributed by atoms with Gasteiger partial charge in [-0.2, -0.15) is 0 Å². The Hall–Kier alpha value is -1.86. The highest BCUT2D eigenvalue weighted by Crippen LogP contribution is 2.36. The van der Waals surface area contributed by atoms with E-state index in [0.717, 1.165) is 23.7 Å². The first-order valence-corrected chi connectivity index (χ1v) is 8.93. The van der Waals surface area contributed by atoms with Crippen molar-refractivity contribution in [3.63, 3.8) is 0 Å². The number of para-hydroxylation sites is 1. The number of benzene rings is 1. The van der Waals surface area contributed by atoms with Crippen LogP contribution in [0.25, 0.3) is 6.08 Å². The number of thioether (sulfide) groups is 1. The van der Waals surface area contributed by atoms with Crippen LogP contribution in [0.15, 0.2) is 29.2 Å². The van der Waals surface area contributed by atoms with Crippen molar-refractivity contribution in [2.45, 2.75) is 32.7 Å². The first-order chi connectivity index (χ1) is 11.5. The number of carbonyl (C=O) groups excluding carboxylic acids is 1. The minimum absolute atomic E-state index is 0.271. The molecule has 0 spiro atoms. The summed E-state index contributed by atoms with van der Waals surface area (Å²) in [5.74, 6) is -0.735. The van der Waals surface area contributed by atoms with E-state index in [1.165, 1.54) is 4.90 Å². The second-order valence-electron chi connectivity index (χ2n) is 5.20. The third-order valence-corrected chi connectivity index (χ3v) is 4.80. The molecule has 24 heavy (non-hydrogen) atoms. The summed E-state index contributed by atoms with van der Waals surface area (Å²) in [4.78, 5) is 25.5. The number of thiocarbonyl (C=S) groups is 1. The monoisotopic (exact) mass is 365 g/mol. The Labute approximate surface area is 150 Å². The molecule has 0 aromatic heterocycles. The maximum atomic E-state index is 12.6. The van der Waals surface area contributed by atoms with Crippen molar-refractivity contribution in [1.82, 2.24) is 4.90 Å². The van der Waals surface area contributed by atoms with E-state index in [-0.39, 0.29) is 10.2 Å². The molecule has 0 radical (unpaired) electrons. The van der Waals surface area contributed by atoms with Crippen molar-refractivity contribution >= 4 is 46.3 Å². The number of carboxylic acids is 1. The van der Waals surface area contributed by atoms with Gasteiger partial charge in [0.1, 0.15) is 16.1 Å². The van der Waals surface area contributed by atoms with Crippen molar-refractivity contribution < 1.29 is 19.4 Å². The molecule has 1 aromatic rings. The molecule has 1 atom stereocenters. The minimum atomic E-state index is -1.05. The molecule has 1 amide bonds. The molecule has 1 unspecified atom stereocenters. The van der Waals surface area contributed by atoms with E-state index in [2.05, 4.69) is 0 Å². The Morgan fingerprint density at radius 2 is 2.12 bits per heavy atom. The normalized spacial score (nSPS) is 17.4. The van der Waals surface area contributed by atoms with Crippen molar-refractivity contribution in [2.24, 2.45) is 0 Å². The molecular weight excluding hydrogens is 346 g/mol. The Kier molecular flexibility index (Phi) is 6.39. The number of hydrogen-bond acceptors (Lipinski definition) is 5. The summed E-state index contributed by atoms with van der Waals surface area (Å²) in [6.45, 7) is 4.32. The van der Waals surface area contributed by atoms with Gasteiger partial charge in [0.15, 0.2) is 0 Å². The van der Waals surface area contributed by atoms with Gasteiger partial charge in [-0.25, -0.2) is 4.79 Å². The van der Waals surface area contributed by atoms with Crippen molar-refractivity contribution in [3.05, 3.63) is 34.7 Å². The topological polar surface area (TPSA) is 66.8 Å². The number of amides is 1. The molecular formula is C17H19NO4S2. The second kappa shape index (κ2) is 8.30. The molecule has 7 heteroatoms. The Morgan fingerprint density at radius 3 is 2.75 bits per heavy atom. The van der Waals surface area contributed by atoms with E-state index in [4.69, 9.17) is 17.0 Å². The van der Waals surface area contributed by atoms with E-state index in [0.29, 0.717) is 23.7 Å². The predicted octanol–water partition coefficient (Wildman–Crippen LogP) is 3.54. The fourth-order valence-corrected chi connectivity index (χ4v) is 3.65. The number of ether oxygens (including phenoxy) is 1. The number of hydrogen-bond donors (Lipinski definition) is 1. The minimum Gasteiger partial charge on any atom is -0.493 e. The maximum absolute atomic E-state index is 12.6. The van der Waals surface area contributed by atoms with E-state index in [9.17, 15) is 14.7 Å². The summed E-state index contributed by atoms with van der Waals surface area (Å²) in [6, 6.07) is 6.48. The number of carbonyl (C=O) groups is 2. The van der Waals surface area contributed by atoms with Crippen LogP contribution < -0.4 is 4.74 Å². The summed E-state index contributed by atoms with van der Waals surface area (Å²) < 4.78 is 5.96. The molecule has 5 nitrogen and oxygen atoms in total. The Balaban J connectivity index is 2.31. The van der Waals surface area contributed by atoms with Gasteiger partial charge in [0, 0.05) is 5.56 Å². The van der Waals surface area contributed by atoms with Crippen molar-refractivity contribution in [1.29, 1.82) is 0 Å². The largest absolute Gasteiger partial charge is 0.493 e. The molecule has 0 bridgehead atoms. The fraction of sp³-hybridized carbons (Fsp3) is 0.353. The van der Waals surface area contributed by atoms with Gasteiger partial charge >= 0.3 is 5.97 Å². The molecule has 1 heterocycles. The molecule has 128 valence electrons. The van der Waals surface area contributed by atoms with Crippen LogP contribution in [0.4, 0.5) is 0 Å². The summed E-state index contributed by atoms with van der Waals surface area (Å²) in [6.07, 6.45) is 2.89. The van der Waals surface area contributed by atoms with E-state index < -0.39 is 12.0 Å². The van der Waals surface area contributed by atoms with Gasteiger partial charge in [0.05, 0.1) is 11.5 Å². The molecule has 0 aliphatic carbocycles. The van der Waals surface area contributed by atoms with E-state index in [1.807, 2.05) is 31.2 Å². The lowest BCUT2D eigenvalue weighted by Gasteiger charge is -2.21. The molecule has 2 rings (SSSR count). The molecule has 1 N–H and O–H groups in total. The van der Waals surface area contributed by atoms with Gasteiger partial charge in [-0.05, 0) is 25.0 Å². The lowest BCUT2D eigenvalue weighted by atomic mass is 10.1. The molecule has 1 aliphatic rings. The molecule has 1 fully saturated rings. The number of aliphatic carboxylic acids is 1. The van der Waals surface area contributed by atoms with Crippen LogP contribution in [0.5, 0.6) is 5.75 Å². The smallest absolute Gasteiger partial charge is 0.326 e. The van der Waals surface area contributed by atoms with Crippen LogP contribution >= 0.6 is 24.0 Å². The lowest BCUT2D eigenvalue weighted by molar-refractivity contribution is -0.145. The number of nitrogens with zero attached hydrogens (tertiary/aromatic N) is 1. The van der Waals surface area contributed by atoms with Crippen LogP contribution in [0, 0.1) is 0 Å². The third kappa shape index (κ3) is 3.96. The highest BCUT2D eigenvalue weighted by Gasteiger charge is 2.39. The van der Waals surface area contributed by atoms with Crippen LogP contribution in [-0.4, -0.2) is 38.9 Å². The average molecular weight is 365 g/mol. The van der Waals surface area contributed by atoms with Gasteiger partial charge in [0.25, 0.3) is 5.91 Å². The number of rotatable bonds is 7. The Bertz CT molecular complexity index is 687. The molecule has 1 saturated heterocycles. The zero-order valence-corrected chi connectivity index (χ0v) is 15.2. The summed E-state index contributed by atoms with van der Waals surface area (Å²) >= 11 is 6.33. The highest BCUT2D eigenvalue weighted by molar-refractivity contribution is 8.26. The first-order valence-electron chi connectivity index (χ1n) is 7.71. The lowest BCUT2D eigenvalue weighted by Crippen LogP contribution is -2.43. The Morgan fingerprint density at radius 1 is 1.42 bits per heavy atom. The quantitative estimate of drug-likeness (QED) is 0.589. The van der Waals surface area contributed by atoms with Gasteiger partial charge < -0.3 is 9.84 Å². The maximum Gasteiger partial charge on any atom is 0.326 e. The van der Waals surface area contributed by atoms with Gasteiger partial charge in [0.2, 0.25) is 0 Å². The van der Waals surface area contributed by atoms with Crippen molar-refractivity contribution in [2.75, 3.05) is 6.61 Å². The standard InChI is InChI=1S/C17H19NO4S2/c1-3-9-22-13-8-6-5-7-11(13)10-14-15(19)18(17(23)24-14)12(4-2)16(20)21/h5-8,10,12H,3-4,9H2,1-2H3,(H,20,21)/b14-10-. The highest BCUT2D eigenvalue weighted by atomic mass is 32.2. The van der Waals surface area contributed by atoms with E-state index >= 15 is 0 Å². The molecule has 1 aromatic carbocycles. The van der Waals surface area contributed by atoms with Crippen LogP contribution in [0.3, 0.4) is 0 Å². The van der Waals surface area contributed by atoms with Crippen molar-refractivity contribution in [3.8, 4) is 5.75 Å². The molecule has 0 saturated carbocycles. The number of carboxylic acid groups (broad SMARTS) is 1. The SMILES string of the molecule is CCCOc1ccccc1/C=C1\SC(=S)N(C(CC)C(=O)O)C1=O. The average Bonchev–Trinajstić information content (AvgIpc) is 2.82. The predicted molar refractivity (Wildman–Crippen MR) is 99.0 cm³/mol. The van der Waals surface area contributed by atoms with Gasteiger partial charge in [-0.1, -0.05) is 56.0 Å². The zero-order chi connectivity index (χ0) is 17.7. The van der Waals surface area contributed by atoms with Crippen LogP contribution in [-0.2, 0) is 9.59 Å². The van der Waals surface area contributed by atoms with E-state index in [1.54, 1.807) is 13.0 Å². The van der Waals surface area contributed by atoms with Crippen LogP contribution in [0.2, 0.25) is 0 Å². The first kappa shape index (κ1) is 18.5. The third-order valence-electron chi connectivity index (χ3n) is 3.47. The summed E-state index contributed by atoms with van der Waals surface area (Å²) in [5.41, 5.74) is 0.773. The molecule has 1 aliphatic heterocycles. The fourth-order valence-electron chi connectivity index (χ4n) is 2.30.